The quantitative estimate of drug-likeness (QED) is 0.922. The first-order chi connectivity index (χ1) is 10.1. The summed E-state index contributed by atoms with van der Waals surface area (Å²) in [7, 11) is -3.60. The van der Waals surface area contributed by atoms with Gasteiger partial charge in [-0.2, -0.15) is 13.1 Å². The lowest BCUT2D eigenvalue weighted by Gasteiger charge is -2.38. The number of nitrogens with two attached hydrogens (primary N) is 1. The minimum Gasteiger partial charge on any atom is -0.329 e. The minimum absolute atomic E-state index is 0.148. The molecule has 1 aromatic heterocycles. The van der Waals surface area contributed by atoms with E-state index in [4.69, 9.17) is 5.73 Å². The third kappa shape index (κ3) is 2.46. The summed E-state index contributed by atoms with van der Waals surface area (Å²) in [6.45, 7) is 2.92. The molecule has 6 nitrogen and oxygen atoms in total. The summed E-state index contributed by atoms with van der Waals surface area (Å²) >= 11 is 1.03. The van der Waals surface area contributed by atoms with Crippen molar-refractivity contribution < 1.29 is 8.42 Å². The Hall–Kier alpha value is -1.09. The lowest BCUT2D eigenvalue weighted by atomic mass is 9.93. The average molecular weight is 326 g/mol. The van der Waals surface area contributed by atoms with Gasteiger partial charge in [-0.25, -0.2) is 8.42 Å². The smallest absolute Gasteiger partial charge is 0.245 e. The zero-order chi connectivity index (χ0) is 15.0. The van der Waals surface area contributed by atoms with Crippen molar-refractivity contribution in [3.63, 3.8) is 0 Å². The predicted molar refractivity (Wildman–Crippen MR) is 82.5 cm³/mol. The topological polar surface area (TPSA) is 89.2 Å². The predicted octanol–water partition coefficient (Wildman–Crippen LogP) is 1.44. The molecule has 0 saturated carbocycles. The average Bonchev–Trinajstić information content (AvgIpc) is 2.95. The van der Waals surface area contributed by atoms with Crippen molar-refractivity contribution in [3.8, 4) is 0 Å². The molecule has 2 aromatic rings. The molecule has 0 amide bonds. The Balaban J connectivity index is 2.09. The van der Waals surface area contributed by atoms with Gasteiger partial charge in [0, 0.05) is 19.1 Å². The number of benzene rings is 1. The molecule has 1 aromatic carbocycles. The van der Waals surface area contributed by atoms with Crippen LogP contribution in [0.5, 0.6) is 0 Å². The highest BCUT2D eigenvalue weighted by Crippen LogP contribution is 2.31. The van der Waals surface area contributed by atoms with Gasteiger partial charge >= 0.3 is 0 Å². The van der Waals surface area contributed by atoms with Crippen LogP contribution < -0.4 is 5.73 Å². The van der Waals surface area contributed by atoms with Crippen molar-refractivity contribution in [3.05, 3.63) is 18.2 Å². The van der Waals surface area contributed by atoms with Gasteiger partial charge in [0.05, 0.1) is 11.7 Å². The molecule has 0 aliphatic carbocycles. The molecule has 0 spiro atoms. The molecule has 2 atom stereocenters. The first-order valence-corrected chi connectivity index (χ1v) is 9.16. The van der Waals surface area contributed by atoms with Crippen LogP contribution in [0.4, 0.5) is 0 Å². The maximum absolute atomic E-state index is 13.0. The van der Waals surface area contributed by atoms with E-state index in [9.17, 15) is 8.42 Å². The highest BCUT2D eigenvalue weighted by Gasteiger charge is 2.37. The number of piperidine rings is 1. The van der Waals surface area contributed by atoms with Crippen LogP contribution in [0.1, 0.15) is 19.8 Å². The first-order valence-electron chi connectivity index (χ1n) is 6.99. The van der Waals surface area contributed by atoms with Crippen LogP contribution >= 0.6 is 11.7 Å². The second-order valence-electron chi connectivity index (χ2n) is 5.43. The maximum Gasteiger partial charge on any atom is 0.245 e. The van der Waals surface area contributed by atoms with Crippen LogP contribution in [-0.2, 0) is 10.0 Å². The zero-order valence-electron chi connectivity index (χ0n) is 11.8. The molecule has 0 bridgehead atoms. The van der Waals surface area contributed by atoms with E-state index in [-0.39, 0.29) is 16.9 Å². The van der Waals surface area contributed by atoms with Crippen molar-refractivity contribution >= 4 is 32.8 Å². The van der Waals surface area contributed by atoms with Crippen molar-refractivity contribution in [2.75, 3.05) is 13.1 Å². The number of fused-ring (bicyclic) bond motifs is 1. The molecule has 114 valence electrons. The number of nitrogens with zero attached hydrogens (tertiary/aromatic N) is 3. The summed E-state index contributed by atoms with van der Waals surface area (Å²) in [5.74, 6) is 0.270. The highest BCUT2D eigenvalue weighted by atomic mass is 32.2. The molecular formula is C13H18N4O2S2. The molecule has 1 aliphatic heterocycles. The first kappa shape index (κ1) is 14.8. The van der Waals surface area contributed by atoms with Crippen LogP contribution in [0, 0.1) is 5.92 Å². The molecule has 8 heteroatoms. The van der Waals surface area contributed by atoms with Crippen LogP contribution in [0.25, 0.3) is 11.0 Å². The normalized spacial score (nSPS) is 24.5. The standard InChI is InChI=1S/C13H18N4O2S2/c1-9-4-3-7-17(11(9)8-14)21(18,19)12-6-2-5-10-13(12)16-20-15-10/h2,5-6,9,11H,3-4,7-8,14H2,1H3. The lowest BCUT2D eigenvalue weighted by Crippen LogP contribution is -2.51. The highest BCUT2D eigenvalue weighted by molar-refractivity contribution is 7.89. The van der Waals surface area contributed by atoms with Gasteiger partial charge in [0.15, 0.2) is 0 Å². The summed E-state index contributed by atoms with van der Waals surface area (Å²) in [6.07, 6.45) is 1.87. The Morgan fingerprint density at radius 1 is 1.43 bits per heavy atom. The van der Waals surface area contributed by atoms with Gasteiger partial charge in [0.2, 0.25) is 10.0 Å². The Kier molecular flexibility index (Phi) is 3.96. The number of sulfonamides is 1. The van der Waals surface area contributed by atoms with E-state index in [1.807, 2.05) is 0 Å². The van der Waals surface area contributed by atoms with Gasteiger partial charge in [-0.1, -0.05) is 13.0 Å². The fourth-order valence-electron chi connectivity index (χ4n) is 2.98. The SMILES string of the molecule is CC1CCCN(S(=O)(=O)c2cccc3nsnc23)C1CN. The van der Waals surface area contributed by atoms with Gasteiger partial charge in [-0.15, -0.1) is 0 Å². The summed E-state index contributed by atoms with van der Waals surface area (Å²) in [4.78, 5) is 0.237. The monoisotopic (exact) mass is 326 g/mol. The number of hydrogen-bond donors (Lipinski definition) is 1. The third-order valence-corrected chi connectivity index (χ3v) is 6.64. The van der Waals surface area contributed by atoms with Crippen molar-refractivity contribution in [1.29, 1.82) is 0 Å². The van der Waals surface area contributed by atoms with E-state index < -0.39 is 10.0 Å². The van der Waals surface area contributed by atoms with Gasteiger partial charge in [-0.3, -0.25) is 0 Å². The Morgan fingerprint density at radius 3 is 3.00 bits per heavy atom. The summed E-state index contributed by atoms with van der Waals surface area (Å²) in [5.41, 5.74) is 6.90. The molecule has 1 saturated heterocycles. The Morgan fingerprint density at radius 2 is 2.24 bits per heavy atom. The van der Waals surface area contributed by atoms with E-state index >= 15 is 0 Å². The number of rotatable bonds is 3. The molecule has 0 radical (unpaired) electrons. The summed E-state index contributed by atoms with van der Waals surface area (Å²) < 4.78 is 35.9. The van der Waals surface area contributed by atoms with E-state index in [1.165, 1.54) is 0 Å². The van der Waals surface area contributed by atoms with Gasteiger partial charge in [-0.05, 0) is 30.9 Å². The third-order valence-electron chi connectivity index (χ3n) is 4.14. The van der Waals surface area contributed by atoms with Crippen molar-refractivity contribution in [2.45, 2.75) is 30.7 Å². The Labute approximate surface area is 128 Å². The summed E-state index contributed by atoms with van der Waals surface area (Å²) in [5, 5.41) is 0. The lowest BCUT2D eigenvalue weighted by molar-refractivity contribution is 0.192. The molecule has 2 unspecified atom stereocenters. The molecule has 3 rings (SSSR count). The molecule has 2 heterocycles. The number of aromatic nitrogens is 2. The van der Waals surface area contributed by atoms with Gasteiger partial charge in [0.25, 0.3) is 0 Å². The molecular weight excluding hydrogens is 308 g/mol. The fourth-order valence-corrected chi connectivity index (χ4v) is 5.50. The second-order valence-corrected chi connectivity index (χ2v) is 7.81. The largest absolute Gasteiger partial charge is 0.329 e. The zero-order valence-corrected chi connectivity index (χ0v) is 13.4. The van der Waals surface area contributed by atoms with Crippen LogP contribution in [-0.4, -0.2) is 40.6 Å². The van der Waals surface area contributed by atoms with Crippen molar-refractivity contribution in [2.24, 2.45) is 11.7 Å². The van der Waals surface area contributed by atoms with Gasteiger partial charge < -0.3 is 5.73 Å². The molecule has 1 fully saturated rings. The summed E-state index contributed by atoms with van der Waals surface area (Å²) in [6, 6.07) is 4.94. The minimum atomic E-state index is -3.60. The van der Waals surface area contributed by atoms with Gasteiger partial charge in [0.1, 0.15) is 15.9 Å². The number of hydrogen-bond acceptors (Lipinski definition) is 6. The van der Waals surface area contributed by atoms with Crippen LogP contribution in [0.3, 0.4) is 0 Å². The molecule has 2 N–H and O–H groups in total. The van der Waals surface area contributed by atoms with E-state index in [2.05, 4.69) is 15.7 Å². The van der Waals surface area contributed by atoms with Crippen LogP contribution in [0.15, 0.2) is 23.1 Å². The molecule has 1 aliphatic rings. The van der Waals surface area contributed by atoms with E-state index in [1.54, 1.807) is 22.5 Å². The van der Waals surface area contributed by atoms with Crippen LogP contribution in [0.2, 0.25) is 0 Å². The van der Waals surface area contributed by atoms with E-state index in [0.29, 0.717) is 24.1 Å². The van der Waals surface area contributed by atoms with Crippen molar-refractivity contribution in [1.82, 2.24) is 13.1 Å². The fraction of sp³-hybridized carbons (Fsp3) is 0.538. The second kappa shape index (κ2) is 5.60. The maximum atomic E-state index is 13.0. The van der Waals surface area contributed by atoms with E-state index in [0.717, 1.165) is 24.6 Å². The Bertz CT molecular complexity index is 743. The molecule has 21 heavy (non-hydrogen) atoms.